The molecule has 2 aliphatic heterocycles. The van der Waals surface area contributed by atoms with Gasteiger partial charge in [-0.05, 0) is 19.3 Å². The Bertz CT molecular complexity index is 976. The Morgan fingerprint density at radius 2 is 2.04 bits per heavy atom. The zero-order valence-electron chi connectivity index (χ0n) is 15.3. The number of aryl methyl sites for hydroxylation is 2. The summed E-state index contributed by atoms with van der Waals surface area (Å²) in [4.78, 5) is 19.2. The molecule has 1 aromatic carbocycles. The van der Waals surface area contributed by atoms with Crippen molar-refractivity contribution < 1.29 is 4.79 Å². The van der Waals surface area contributed by atoms with Crippen LogP contribution in [0.4, 0.5) is 0 Å². The van der Waals surface area contributed by atoms with E-state index in [0.717, 1.165) is 43.1 Å². The molecule has 0 bridgehead atoms. The van der Waals surface area contributed by atoms with Crippen LogP contribution in [0.2, 0.25) is 0 Å². The summed E-state index contributed by atoms with van der Waals surface area (Å²) in [5, 5.41) is 8.91. The minimum absolute atomic E-state index is 0.0691. The fourth-order valence-electron chi connectivity index (χ4n) is 4.45. The van der Waals surface area contributed by atoms with Gasteiger partial charge in [0.05, 0.1) is 18.6 Å². The van der Waals surface area contributed by atoms with Gasteiger partial charge in [0, 0.05) is 31.6 Å². The summed E-state index contributed by atoms with van der Waals surface area (Å²) in [6.07, 6.45) is 5.36. The van der Waals surface area contributed by atoms with Crippen molar-refractivity contribution >= 4 is 5.91 Å². The van der Waals surface area contributed by atoms with Crippen LogP contribution >= 0.6 is 0 Å². The second-order valence-corrected chi connectivity index (χ2v) is 7.32. The van der Waals surface area contributed by atoms with Crippen LogP contribution in [-0.4, -0.2) is 48.2 Å². The van der Waals surface area contributed by atoms with Gasteiger partial charge in [-0.3, -0.25) is 4.79 Å². The molecule has 4 heterocycles. The van der Waals surface area contributed by atoms with Crippen LogP contribution in [0.25, 0.3) is 11.4 Å². The van der Waals surface area contributed by atoms with Crippen molar-refractivity contribution in [2.24, 2.45) is 5.92 Å². The van der Waals surface area contributed by atoms with Crippen LogP contribution in [0.5, 0.6) is 0 Å². The Balaban J connectivity index is 1.47. The van der Waals surface area contributed by atoms with Crippen molar-refractivity contribution in [3.63, 3.8) is 0 Å². The number of aromatic nitrogens is 5. The molecule has 1 saturated heterocycles. The minimum atomic E-state index is 0.0691. The fourth-order valence-corrected chi connectivity index (χ4v) is 4.45. The predicted octanol–water partition coefficient (Wildman–Crippen LogP) is 2.42. The van der Waals surface area contributed by atoms with Gasteiger partial charge in [-0.15, -0.1) is 10.2 Å². The van der Waals surface area contributed by atoms with E-state index in [4.69, 9.17) is 0 Å². The third kappa shape index (κ3) is 2.57. The van der Waals surface area contributed by atoms with E-state index in [0.29, 0.717) is 18.2 Å². The lowest BCUT2D eigenvalue weighted by Gasteiger charge is -2.27. The summed E-state index contributed by atoms with van der Waals surface area (Å²) in [6, 6.07) is 10.4. The van der Waals surface area contributed by atoms with Crippen molar-refractivity contribution in [2.45, 2.75) is 32.4 Å². The molecule has 2 aromatic heterocycles. The zero-order chi connectivity index (χ0) is 18.4. The van der Waals surface area contributed by atoms with Crippen LogP contribution in [0, 0.1) is 5.92 Å². The van der Waals surface area contributed by atoms with E-state index in [1.165, 1.54) is 0 Å². The van der Waals surface area contributed by atoms with Gasteiger partial charge < -0.3 is 14.0 Å². The van der Waals surface area contributed by atoms with Crippen LogP contribution in [0.1, 0.15) is 35.7 Å². The number of fused-ring (bicyclic) bond motifs is 3. The van der Waals surface area contributed by atoms with Crippen LogP contribution in [0.15, 0.2) is 42.9 Å². The molecule has 2 atom stereocenters. The molecule has 0 aliphatic carbocycles. The molecular formula is C20H22N6O. The lowest BCUT2D eigenvalue weighted by atomic mass is 9.93. The number of carbonyl (C=O) groups is 1. The number of nitrogens with zero attached hydrogens (tertiary/aromatic N) is 6. The van der Waals surface area contributed by atoms with E-state index in [1.807, 2.05) is 34.6 Å². The first-order valence-electron chi connectivity index (χ1n) is 9.55. The number of hydrogen-bond donors (Lipinski definition) is 0. The molecule has 5 rings (SSSR count). The second kappa shape index (κ2) is 6.33. The zero-order valence-corrected chi connectivity index (χ0v) is 15.3. The topological polar surface area (TPSA) is 68.8 Å². The summed E-state index contributed by atoms with van der Waals surface area (Å²) < 4.78 is 4.18. The van der Waals surface area contributed by atoms with Gasteiger partial charge in [-0.1, -0.05) is 30.3 Å². The lowest BCUT2D eigenvalue weighted by molar-refractivity contribution is 0.0773. The van der Waals surface area contributed by atoms with Gasteiger partial charge in [-0.25, -0.2) is 4.98 Å². The highest BCUT2D eigenvalue weighted by Gasteiger charge is 2.41. The van der Waals surface area contributed by atoms with Crippen molar-refractivity contribution in [1.29, 1.82) is 0 Å². The second-order valence-electron chi connectivity index (χ2n) is 7.32. The van der Waals surface area contributed by atoms with E-state index in [2.05, 4.69) is 31.9 Å². The minimum Gasteiger partial charge on any atom is -0.335 e. The van der Waals surface area contributed by atoms with Crippen molar-refractivity contribution in [3.05, 3.63) is 54.4 Å². The van der Waals surface area contributed by atoms with Crippen molar-refractivity contribution in [3.8, 4) is 11.4 Å². The Labute approximate surface area is 157 Å². The average Bonchev–Trinajstić information content (AvgIpc) is 3.44. The molecule has 3 aromatic rings. The summed E-state index contributed by atoms with van der Waals surface area (Å²) in [6.45, 7) is 4.25. The van der Waals surface area contributed by atoms with Gasteiger partial charge in [0.25, 0.3) is 5.91 Å². The summed E-state index contributed by atoms with van der Waals surface area (Å²) in [5.41, 5.74) is 1.74. The van der Waals surface area contributed by atoms with Gasteiger partial charge in [0.15, 0.2) is 5.82 Å². The molecule has 1 amide bonds. The summed E-state index contributed by atoms with van der Waals surface area (Å²) in [5.74, 6) is 2.45. The fraction of sp³-hybridized carbons (Fsp3) is 0.400. The first kappa shape index (κ1) is 16.2. The van der Waals surface area contributed by atoms with Crippen LogP contribution in [0.3, 0.4) is 0 Å². The van der Waals surface area contributed by atoms with E-state index in [9.17, 15) is 4.79 Å². The van der Waals surface area contributed by atoms with Gasteiger partial charge in [0.2, 0.25) is 0 Å². The van der Waals surface area contributed by atoms with Gasteiger partial charge in [-0.2, -0.15) is 0 Å². The maximum Gasteiger partial charge on any atom is 0.272 e. The molecule has 0 N–H and O–H groups in total. The third-order valence-corrected chi connectivity index (χ3v) is 5.83. The molecule has 2 aliphatic rings. The van der Waals surface area contributed by atoms with Crippen LogP contribution < -0.4 is 0 Å². The molecular weight excluding hydrogens is 340 g/mol. The standard InChI is InChI=1S/C20H22N6O/c1-2-24-13-21-10-16(24)20(27)25-11-15-8-9-18-22-23-19(26(18)17(15)12-25)14-6-4-3-5-7-14/h3-7,10,13,15,17H,2,8-9,11-12H2,1H3/t15-,17+/m1/s1. The van der Waals surface area contributed by atoms with E-state index >= 15 is 0 Å². The van der Waals surface area contributed by atoms with Crippen LogP contribution in [-0.2, 0) is 13.0 Å². The summed E-state index contributed by atoms with van der Waals surface area (Å²) in [7, 11) is 0. The average molecular weight is 362 g/mol. The first-order valence-corrected chi connectivity index (χ1v) is 9.55. The maximum absolute atomic E-state index is 13.1. The Hall–Kier alpha value is -2.96. The molecule has 0 saturated carbocycles. The van der Waals surface area contributed by atoms with Gasteiger partial charge in [0.1, 0.15) is 11.5 Å². The van der Waals surface area contributed by atoms with E-state index in [-0.39, 0.29) is 11.9 Å². The third-order valence-electron chi connectivity index (χ3n) is 5.83. The lowest BCUT2D eigenvalue weighted by Crippen LogP contribution is -2.31. The smallest absolute Gasteiger partial charge is 0.272 e. The molecule has 27 heavy (non-hydrogen) atoms. The molecule has 0 radical (unpaired) electrons. The molecule has 7 heteroatoms. The first-order chi connectivity index (χ1) is 13.3. The maximum atomic E-state index is 13.1. The quantitative estimate of drug-likeness (QED) is 0.718. The monoisotopic (exact) mass is 362 g/mol. The normalized spacial score (nSPS) is 21.1. The number of rotatable bonds is 3. The number of imidazole rings is 1. The van der Waals surface area contributed by atoms with E-state index < -0.39 is 0 Å². The predicted molar refractivity (Wildman–Crippen MR) is 100 cm³/mol. The molecule has 138 valence electrons. The highest BCUT2D eigenvalue weighted by atomic mass is 16.2. The number of carbonyl (C=O) groups excluding carboxylic acids is 1. The summed E-state index contributed by atoms with van der Waals surface area (Å²) >= 11 is 0. The van der Waals surface area contributed by atoms with Crippen molar-refractivity contribution in [2.75, 3.05) is 13.1 Å². The Morgan fingerprint density at radius 1 is 1.19 bits per heavy atom. The Kier molecular flexibility index (Phi) is 3.81. The molecule has 0 spiro atoms. The van der Waals surface area contributed by atoms with Crippen molar-refractivity contribution in [1.82, 2.24) is 29.2 Å². The van der Waals surface area contributed by atoms with Gasteiger partial charge >= 0.3 is 0 Å². The molecule has 0 unspecified atom stereocenters. The van der Waals surface area contributed by atoms with E-state index in [1.54, 1.807) is 12.5 Å². The molecule has 1 fully saturated rings. The Morgan fingerprint density at radius 3 is 2.85 bits per heavy atom. The molecule has 7 nitrogen and oxygen atoms in total. The number of amides is 1. The SMILES string of the molecule is CCn1cncc1C(=O)N1C[C@H]2CCc3nnc(-c4ccccc4)n3[C@H]2C1. The highest BCUT2D eigenvalue weighted by Crippen LogP contribution is 2.39. The largest absolute Gasteiger partial charge is 0.335 e. The highest BCUT2D eigenvalue weighted by molar-refractivity contribution is 5.92. The number of likely N-dealkylation sites (tertiary alicyclic amines) is 1. The number of hydrogen-bond acceptors (Lipinski definition) is 4. The number of benzene rings is 1.